The van der Waals surface area contributed by atoms with Crippen LogP contribution in [0, 0.1) is 24.7 Å². The van der Waals surface area contributed by atoms with E-state index in [0.29, 0.717) is 22.8 Å². The number of fused-ring (bicyclic) bond motifs is 15. The standard InChI is InChI=1S/C90H95Cl3N6O25/c1-7-45(24-41(2)3)84(113)97-75-63(105)29-52(32-71(94)107)85(114)96-74-51-30-68(120-66-22-18-48(77(75)108)27-59(66)92)81(69(31-51)121-67-23-19-49(28-60(67)93)78(109)76-87(116)99-88(118-40-101)57-33-53(102)34-62(104)73(57)56-26-47(17-20-61(56)103)55(35-64(74)106)86(115)98-76)124-89-82(80(111)79(110)70(38-100)122-89)123-72-36-90(6,83(112)43(5)119-72)95-37-44-16-21-65(58(91)25-44)117-39-50-14-11-15-54(42(50)4)46-12-9-8-10-13-46/h8-23,25-28,30-31,33-34,40-41,43,45,52,55,70,72,74-80,82-83,88-89,95,100,102-104,108-112H,7,24,29,32,35-39H2,1-6H3,(H2,94,107)(H,96,114)(H,97,113)(H,98,115)(H,99,116)/t43?,45-,52+,55+,70-,72+,74-,75+,76+,77-,78-,79?,80?,82-,83-,88-,89?,90?/m1/s1. The summed E-state index contributed by atoms with van der Waals surface area (Å²) in [6.45, 7) is 10.1. The smallest absolute Gasteiger partial charge is 0.295 e. The summed E-state index contributed by atoms with van der Waals surface area (Å²) in [4.78, 5) is 118. The first-order valence-corrected chi connectivity index (χ1v) is 41.4. The lowest BCUT2D eigenvalue weighted by atomic mass is 9.84. The number of Topliss-reactive ketones (excluding diaryl/α,β-unsaturated/α-hetero) is 2. The number of hydrogen-bond acceptors (Lipinski definition) is 26. The normalized spacial score (nSPS) is 26.2. The van der Waals surface area contributed by atoms with Crippen molar-refractivity contribution in [1.82, 2.24) is 26.6 Å². The summed E-state index contributed by atoms with van der Waals surface area (Å²) >= 11 is 21.3. The van der Waals surface area contributed by atoms with E-state index in [9.17, 15) is 60.3 Å². The summed E-state index contributed by atoms with van der Waals surface area (Å²) in [5, 5.41) is 120. The molecule has 0 aliphatic carbocycles. The molecule has 18 atom stereocenters. The molecule has 11 bridgehead atoms. The molecule has 2 fully saturated rings. The van der Waals surface area contributed by atoms with Gasteiger partial charge in [0.1, 0.15) is 89.7 Å². The van der Waals surface area contributed by atoms with E-state index in [1.807, 2.05) is 69.3 Å². The number of carbonyl (C=O) groups excluding carboxylic acids is 8. The predicted octanol–water partition coefficient (Wildman–Crippen LogP) is 9.61. The van der Waals surface area contributed by atoms with Gasteiger partial charge in [-0.05, 0) is 156 Å². The number of ether oxygens (including phenoxy) is 8. The molecular weight excluding hydrogens is 1670 g/mol. The van der Waals surface area contributed by atoms with Crippen LogP contribution in [0.1, 0.15) is 148 Å². The van der Waals surface area contributed by atoms with Crippen LogP contribution >= 0.6 is 34.8 Å². The second-order valence-corrected chi connectivity index (χ2v) is 33.4. The number of nitrogens with two attached hydrogens (primary N) is 1. The van der Waals surface area contributed by atoms with E-state index in [1.165, 1.54) is 36.4 Å². The molecule has 0 radical (unpaired) electrons. The van der Waals surface area contributed by atoms with Crippen molar-refractivity contribution in [2.24, 2.45) is 23.5 Å². The van der Waals surface area contributed by atoms with Gasteiger partial charge in [-0.2, -0.15) is 0 Å². The number of primary amides is 1. The number of ketones is 2. The van der Waals surface area contributed by atoms with Gasteiger partial charge >= 0.3 is 0 Å². The Kier molecular flexibility index (Phi) is 28.3. The minimum absolute atomic E-state index is 0.0250. The Morgan fingerprint density at radius 2 is 1.39 bits per heavy atom. The topological polar surface area (TPSA) is 479 Å². The second kappa shape index (κ2) is 38.6. The van der Waals surface area contributed by atoms with Gasteiger partial charge in [0, 0.05) is 66.4 Å². The van der Waals surface area contributed by atoms with E-state index >= 15 is 24.0 Å². The predicted molar refractivity (Wildman–Crippen MR) is 447 cm³/mol. The summed E-state index contributed by atoms with van der Waals surface area (Å²) in [6, 6.07) is 29.6. The van der Waals surface area contributed by atoms with Crippen LogP contribution in [0.5, 0.6) is 51.7 Å². The highest BCUT2D eigenvalue weighted by atomic mass is 35.5. The van der Waals surface area contributed by atoms with Gasteiger partial charge in [-0.3, -0.25) is 38.4 Å². The molecule has 0 aromatic heterocycles. The molecule has 656 valence electrons. The highest BCUT2D eigenvalue weighted by Crippen LogP contribution is 2.51. The van der Waals surface area contributed by atoms with Crippen molar-refractivity contribution in [3.8, 4) is 74.0 Å². The molecule has 5 amide bonds. The molecule has 34 heteroatoms. The number of phenols is 3. The Morgan fingerprint density at radius 3 is 2.03 bits per heavy atom. The average Bonchev–Trinajstić information content (AvgIpc) is 0.766. The van der Waals surface area contributed by atoms with Crippen molar-refractivity contribution in [2.75, 3.05) is 6.61 Å². The zero-order chi connectivity index (χ0) is 89.0. The van der Waals surface area contributed by atoms with Crippen molar-refractivity contribution in [3.63, 3.8) is 0 Å². The van der Waals surface area contributed by atoms with Gasteiger partial charge in [0.05, 0.1) is 45.7 Å². The van der Waals surface area contributed by atoms with E-state index in [1.54, 1.807) is 39.0 Å². The van der Waals surface area contributed by atoms with Crippen LogP contribution in [0.2, 0.25) is 15.1 Å². The molecule has 7 aliphatic rings. The van der Waals surface area contributed by atoms with Crippen LogP contribution in [0.15, 0.2) is 146 Å². The average molecular weight is 1770 g/mol. The highest BCUT2D eigenvalue weighted by Gasteiger charge is 2.52. The zero-order valence-electron chi connectivity index (χ0n) is 68.0. The Labute approximate surface area is 726 Å². The number of hydrogen-bond donors (Lipinski definition) is 15. The Balaban J connectivity index is 0.935. The van der Waals surface area contributed by atoms with E-state index in [0.717, 1.165) is 64.7 Å². The van der Waals surface area contributed by atoms with E-state index in [-0.39, 0.29) is 88.3 Å². The number of halogens is 3. The Morgan fingerprint density at radius 1 is 0.702 bits per heavy atom. The number of amides is 5. The molecule has 7 aliphatic heterocycles. The minimum Gasteiger partial charge on any atom is -0.508 e. The maximum absolute atomic E-state index is 16.4. The van der Waals surface area contributed by atoms with Crippen molar-refractivity contribution in [3.05, 3.63) is 205 Å². The van der Waals surface area contributed by atoms with E-state index in [4.69, 9.17) is 78.4 Å². The monoisotopic (exact) mass is 1760 g/mol. The summed E-state index contributed by atoms with van der Waals surface area (Å²) in [5.74, 6) is -16.4. The maximum Gasteiger partial charge on any atom is 0.295 e. The summed E-state index contributed by atoms with van der Waals surface area (Å²) in [6.07, 6.45) is -22.1. The summed E-state index contributed by atoms with van der Waals surface area (Å²) < 4.78 is 51.5. The fraction of sp³-hybridized carbons (Fsp3) is 0.378. The van der Waals surface area contributed by atoms with Gasteiger partial charge in [-0.1, -0.05) is 128 Å². The van der Waals surface area contributed by atoms with Crippen molar-refractivity contribution >= 4 is 82.4 Å². The second-order valence-electron chi connectivity index (χ2n) is 32.2. The molecule has 7 heterocycles. The molecule has 31 nitrogen and oxygen atoms in total. The number of aromatic hydroxyl groups is 3. The van der Waals surface area contributed by atoms with Gasteiger partial charge in [-0.25, -0.2) is 0 Å². The highest BCUT2D eigenvalue weighted by molar-refractivity contribution is 6.33. The summed E-state index contributed by atoms with van der Waals surface area (Å²) in [7, 11) is 0. The van der Waals surface area contributed by atoms with Crippen molar-refractivity contribution in [1.29, 1.82) is 0 Å². The van der Waals surface area contributed by atoms with Gasteiger partial charge in [0.2, 0.25) is 47.8 Å². The molecule has 0 spiro atoms. The largest absolute Gasteiger partial charge is 0.508 e. The Bertz CT molecular complexity index is 5380. The number of aliphatic hydroxyl groups excluding tert-OH is 6. The first-order chi connectivity index (χ1) is 59.1. The molecule has 15 rings (SSSR count). The molecule has 8 aromatic carbocycles. The van der Waals surface area contributed by atoms with Crippen molar-refractivity contribution < 1.29 is 122 Å². The minimum atomic E-state index is -2.20. The summed E-state index contributed by atoms with van der Waals surface area (Å²) in [5.41, 5.74) is 7.35. The number of phenolic OH excluding ortho intramolecular Hbond substituents is 3. The lowest BCUT2D eigenvalue weighted by molar-refractivity contribution is -0.334. The van der Waals surface area contributed by atoms with Crippen LogP contribution in [-0.4, -0.2) is 167 Å². The number of aliphatic hydroxyl groups is 6. The molecule has 8 aromatic rings. The van der Waals surface area contributed by atoms with Crippen LogP contribution in [0.4, 0.5) is 0 Å². The molecule has 16 N–H and O–H groups in total. The van der Waals surface area contributed by atoms with E-state index < -0.39 is 221 Å². The van der Waals surface area contributed by atoms with Gasteiger partial charge in [0.25, 0.3) is 6.47 Å². The number of benzene rings is 8. The lowest BCUT2D eigenvalue weighted by Gasteiger charge is -2.48. The zero-order valence-corrected chi connectivity index (χ0v) is 70.2. The first kappa shape index (κ1) is 90.7. The third-order valence-electron chi connectivity index (χ3n) is 23.1. The van der Waals surface area contributed by atoms with Crippen LogP contribution < -0.4 is 51.3 Å². The SMILES string of the molecule is CC[C@H](CC(C)C)C(=O)N[C@H]1C(=O)C[C@@H](CC(N)=O)C(=O)N[C@H]2C(=O)C[C@@H]3C(=O)N[C@H](C(=O)N[C@H](OC=O)c4cc(O)cc(O)c4-c4cc3ccc4O)[C@H](O)c3ccc(c(Cl)c3)Oc3cc2cc(c3OC2O[C@H](CO)C(O)C(O)[C@H]2O[C@H]2CC(C)(NCc3ccc(OCc4cccc(-c5ccccc5)c4C)c(Cl)c3)[C@H](O)C(C)O2)Oc2ccc(cc2Cl)[C@H]1O. The number of rotatable bonds is 21. The van der Waals surface area contributed by atoms with Crippen LogP contribution in [-0.2, 0) is 70.5 Å². The molecule has 0 saturated carbocycles. The molecule has 124 heavy (non-hydrogen) atoms. The Hall–Kier alpha value is -11.0. The van der Waals surface area contributed by atoms with Crippen molar-refractivity contribution in [2.45, 2.75) is 190 Å². The molecule has 5 unspecified atom stereocenters. The number of carbonyl (C=O) groups is 8. The third-order valence-corrected chi connectivity index (χ3v) is 24.0. The quantitative estimate of drug-likeness (QED) is 0.0297. The first-order valence-electron chi connectivity index (χ1n) is 40.2. The molecular formula is C90H95Cl3N6O25. The van der Waals surface area contributed by atoms with Gasteiger partial charge < -0.3 is 116 Å². The third kappa shape index (κ3) is 19.9. The van der Waals surface area contributed by atoms with E-state index in [2.05, 4.69) is 26.6 Å². The van der Waals surface area contributed by atoms with Crippen LogP contribution in [0.3, 0.4) is 0 Å². The maximum atomic E-state index is 16.4. The fourth-order valence-electron chi connectivity index (χ4n) is 16.3. The van der Waals surface area contributed by atoms with Crippen LogP contribution in [0.25, 0.3) is 22.3 Å². The number of nitrogens with one attached hydrogen (secondary N) is 5. The lowest BCUT2D eigenvalue weighted by Crippen LogP contribution is -2.65. The molecule has 2 saturated heterocycles. The fourth-order valence-corrected chi connectivity index (χ4v) is 17.0. The van der Waals surface area contributed by atoms with Gasteiger partial charge in [0.15, 0.2) is 35.5 Å². The van der Waals surface area contributed by atoms with Gasteiger partial charge in [-0.15, -0.1) is 0 Å².